The molecule has 164 valence electrons. The molecule has 0 aromatic carbocycles. The fourth-order valence-electron chi connectivity index (χ4n) is 5.00. The van der Waals surface area contributed by atoms with Crippen LogP contribution >= 0.6 is 11.8 Å². The van der Waals surface area contributed by atoms with Crippen LogP contribution in [0, 0.1) is 5.92 Å². The summed E-state index contributed by atoms with van der Waals surface area (Å²) in [6.07, 6.45) is 11.8. The first-order chi connectivity index (χ1) is 14.6. The maximum atomic E-state index is 13.1. The highest BCUT2D eigenvalue weighted by Crippen LogP contribution is 2.37. The van der Waals surface area contributed by atoms with Gasteiger partial charge in [0, 0.05) is 30.8 Å². The van der Waals surface area contributed by atoms with E-state index in [9.17, 15) is 9.59 Å². The van der Waals surface area contributed by atoms with Gasteiger partial charge in [-0.25, -0.2) is 4.98 Å². The Hall–Kier alpha value is -1.76. The third kappa shape index (κ3) is 5.48. The van der Waals surface area contributed by atoms with E-state index in [0.29, 0.717) is 10.8 Å². The molecule has 0 bridgehead atoms. The first-order valence-corrected chi connectivity index (χ1v) is 12.4. The molecule has 2 heterocycles. The largest absolute Gasteiger partial charge is 0.481 e. The minimum atomic E-state index is -0.734. The molecular weight excluding hydrogens is 398 g/mol. The van der Waals surface area contributed by atoms with Crippen LogP contribution in [0.5, 0.6) is 0 Å². The Balaban J connectivity index is 1.50. The summed E-state index contributed by atoms with van der Waals surface area (Å²) in [4.78, 5) is 31.2. The number of carboxylic acids is 1. The van der Waals surface area contributed by atoms with Crippen LogP contribution in [0.25, 0.3) is 0 Å². The van der Waals surface area contributed by atoms with Crippen molar-refractivity contribution in [1.29, 1.82) is 0 Å². The van der Waals surface area contributed by atoms with E-state index in [1.165, 1.54) is 44.9 Å². The van der Waals surface area contributed by atoms with Gasteiger partial charge < -0.3 is 15.3 Å². The Labute approximate surface area is 183 Å². The number of hydrogen-bond donors (Lipinski definition) is 2. The molecule has 1 aromatic heterocycles. The summed E-state index contributed by atoms with van der Waals surface area (Å²) >= 11 is 1.76. The van der Waals surface area contributed by atoms with Gasteiger partial charge in [0.05, 0.1) is 5.56 Å². The number of hydrogen-bond acceptors (Lipinski definition) is 5. The minimum Gasteiger partial charge on any atom is -0.481 e. The molecule has 30 heavy (non-hydrogen) atoms. The second-order valence-corrected chi connectivity index (χ2v) is 10.3. The van der Waals surface area contributed by atoms with Gasteiger partial charge in [-0.05, 0) is 50.2 Å². The lowest BCUT2D eigenvalue weighted by molar-refractivity contribution is -0.137. The topological polar surface area (TPSA) is 82.5 Å². The Morgan fingerprint density at radius 1 is 1.07 bits per heavy atom. The molecule has 1 aromatic rings. The number of amides is 1. The van der Waals surface area contributed by atoms with Crippen molar-refractivity contribution in [2.75, 3.05) is 18.0 Å². The maximum Gasteiger partial charge on any atom is 0.303 e. The molecule has 1 aliphatic heterocycles. The molecule has 2 N–H and O–H groups in total. The van der Waals surface area contributed by atoms with Gasteiger partial charge in [-0.2, -0.15) is 0 Å². The zero-order valence-electron chi connectivity index (χ0n) is 17.6. The monoisotopic (exact) mass is 431 g/mol. The minimum absolute atomic E-state index is 0.00613. The molecule has 3 aliphatic rings. The predicted molar refractivity (Wildman–Crippen MR) is 119 cm³/mol. The molecule has 1 atom stereocenters. The van der Waals surface area contributed by atoms with Crippen molar-refractivity contribution in [2.24, 2.45) is 5.92 Å². The summed E-state index contributed by atoms with van der Waals surface area (Å²) in [5.74, 6) is 0.316. The van der Waals surface area contributed by atoms with Crippen LogP contribution in [0.15, 0.2) is 17.2 Å². The third-order valence-corrected chi connectivity index (χ3v) is 8.02. The first-order valence-electron chi connectivity index (χ1n) is 11.5. The average Bonchev–Trinajstić information content (AvgIpc) is 3.40. The first kappa shape index (κ1) is 21.5. The Kier molecular flexibility index (Phi) is 7.18. The normalized spacial score (nSPS) is 23.1. The smallest absolute Gasteiger partial charge is 0.303 e. The van der Waals surface area contributed by atoms with Gasteiger partial charge >= 0.3 is 5.97 Å². The van der Waals surface area contributed by atoms with Gasteiger partial charge in [0.2, 0.25) is 0 Å². The van der Waals surface area contributed by atoms with E-state index in [1.54, 1.807) is 11.8 Å². The third-order valence-electron chi connectivity index (χ3n) is 6.68. The molecule has 0 radical (unpaired) electrons. The van der Waals surface area contributed by atoms with Gasteiger partial charge in [-0.15, -0.1) is 11.8 Å². The maximum absolute atomic E-state index is 13.1. The molecule has 2 saturated carbocycles. The van der Waals surface area contributed by atoms with E-state index >= 15 is 0 Å². The summed E-state index contributed by atoms with van der Waals surface area (Å²) in [5, 5.41) is 13.7. The van der Waals surface area contributed by atoms with Gasteiger partial charge in [-0.3, -0.25) is 9.59 Å². The van der Waals surface area contributed by atoms with Crippen molar-refractivity contribution in [2.45, 2.75) is 86.9 Å². The lowest BCUT2D eigenvalue weighted by Crippen LogP contribution is -2.36. The van der Waals surface area contributed by atoms with E-state index in [0.717, 1.165) is 43.2 Å². The number of carbonyl (C=O) groups excluding carboxylic acids is 1. The number of thioether (sulfide) groups is 1. The molecule has 2 aliphatic carbocycles. The summed E-state index contributed by atoms with van der Waals surface area (Å²) in [5.41, 5.74) is 0.697. The molecular formula is C23H33N3O3S. The predicted octanol–water partition coefficient (Wildman–Crippen LogP) is 4.48. The summed E-state index contributed by atoms with van der Waals surface area (Å²) in [7, 11) is 0. The van der Waals surface area contributed by atoms with Crippen molar-refractivity contribution < 1.29 is 14.7 Å². The van der Waals surface area contributed by atoms with Crippen LogP contribution in [0.4, 0.5) is 5.82 Å². The van der Waals surface area contributed by atoms with E-state index < -0.39 is 5.97 Å². The van der Waals surface area contributed by atoms with E-state index in [-0.39, 0.29) is 24.3 Å². The van der Waals surface area contributed by atoms with Crippen molar-refractivity contribution in [3.05, 3.63) is 17.7 Å². The van der Waals surface area contributed by atoms with Crippen LogP contribution in [-0.2, 0) is 4.79 Å². The molecule has 6 nitrogen and oxygen atoms in total. The van der Waals surface area contributed by atoms with Crippen LogP contribution in [-0.4, -0.2) is 46.3 Å². The number of anilines is 1. The van der Waals surface area contributed by atoms with Crippen LogP contribution in [0.2, 0.25) is 0 Å². The number of aromatic nitrogens is 1. The molecule has 0 spiro atoms. The van der Waals surface area contributed by atoms with E-state index in [1.807, 2.05) is 12.1 Å². The standard InChI is InChI=1S/C23H33N3O3S/c27-21(28)14-16-12-13-26(15-16)20-11-10-19(22(29)24-17-6-2-1-3-7-17)23(25-20)30-18-8-4-5-9-18/h10-11,16-18H,1-9,12-15H2,(H,24,29)(H,27,28). The highest BCUT2D eigenvalue weighted by atomic mass is 32.2. The van der Waals surface area contributed by atoms with Crippen LogP contribution in [0.1, 0.15) is 81.0 Å². The molecule has 7 heteroatoms. The van der Waals surface area contributed by atoms with E-state index in [4.69, 9.17) is 10.1 Å². The summed E-state index contributed by atoms with van der Waals surface area (Å²) in [6, 6.07) is 4.16. The zero-order chi connectivity index (χ0) is 20.9. The fraction of sp³-hybridized carbons (Fsp3) is 0.696. The van der Waals surface area contributed by atoms with Crippen molar-refractivity contribution in [3.63, 3.8) is 0 Å². The number of carbonyl (C=O) groups is 2. The van der Waals surface area contributed by atoms with Gasteiger partial charge in [0.15, 0.2) is 0 Å². The Morgan fingerprint density at radius 3 is 2.53 bits per heavy atom. The molecule has 4 rings (SSSR count). The summed E-state index contributed by atoms with van der Waals surface area (Å²) in [6.45, 7) is 1.55. The SMILES string of the molecule is O=C(O)CC1CCN(c2ccc(C(=O)NC3CCCCC3)c(SC3CCCC3)n2)C1. The summed E-state index contributed by atoms with van der Waals surface area (Å²) < 4.78 is 0. The Bertz CT molecular complexity index is 760. The second-order valence-electron chi connectivity index (χ2n) is 9.05. The number of pyridine rings is 1. The van der Waals surface area contributed by atoms with Crippen LogP contribution < -0.4 is 10.2 Å². The van der Waals surface area contributed by atoms with Gasteiger partial charge in [0.25, 0.3) is 5.91 Å². The van der Waals surface area contributed by atoms with Gasteiger partial charge in [-0.1, -0.05) is 32.1 Å². The van der Waals surface area contributed by atoms with E-state index in [2.05, 4.69) is 10.2 Å². The van der Waals surface area contributed by atoms with Crippen molar-refractivity contribution in [3.8, 4) is 0 Å². The molecule has 1 amide bonds. The Morgan fingerprint density at radius 2 is 1.80 bits per heavy atom. The average molecular weight is 432 g/mol. The number of nitrogens with one attached hydrogen (secondary N) is 1. The van der Waals surface area contributed by atoms with Crippen molar-refractivity contribution in [1.82, 2.24) is 10.3 Å². The van der Waals surface area contributed by atoms with Gasteiger partial charge in [0.1, 0.15) is 10.8 Å². The quantitative estimate of drug-likeness (QED) is 0.662. The number of nitrogens with zero attached hydrogens (tertiary/aromatic N) is 2. The molecule has 3 fully saturated rings. The lowest BCUT2D eigenvalue weighted by Gasteiger charge is -2.24. The highest BCUT2D eigenvalue weighted by Gasteiger charge is 2.28. The molecule has 1 unspecified atom stereocenters. The lowest BCUT2D eigenvalue weighted by atomic mass is 9.95. The van der Waals surface area contributed by atoms with Crippen LogP contribution in [0.3, 0.4) is 0 Å². The highest BCUT2D eigenvalue weighted by molar-refractivity contribution is 7.99. The van der Waals surface area contributed by atoms with Crippen molar-refractivity contribution >= 4 is 29.5 Å². The number of carboxylic acid groups (broad SMARTS) is 1. The number of rotatable bonds is 7. The zero-order valence-corrected chi connectivity index (χ0v) is 18.5. The number of aliphatic carboxylic acids is 1. The second kappa shape index (κ2) is 10.0. The molecule has 1 saturated heterocycles. The fourth-order valence-corrected chi connectivity index (χ4v) is 6.32.